The van der Waals surface area contributed by atoms with E-state index >= 15 is 0 Å². The number of hydrogen-bond acceptors (Lipinski definition) is 3. The third kappa shape index (κ3) is 3.33. The van der Waals surface area contributed by atoms with Crippen molar-refractivity contribution in [3.8, 4) is 5.82 Å². The van der Waals surface area contributed by atoms with Gasteiger partial charge in [0, 0.05) is 36.0 Å². The van der Waals surface area contributed by atoms with Gasteiger partial charge in [-0.3, -0.25) is 0 Å². The van der Waals surface area contributed by atoms with Gasteiger partial charge in [0.1, 0.15) is 0 Å². The molecule has 4 rings (SSSR count). The Balaban J connectivity index is 1.48. The number of aromatic nitrogens is 3. The number of benzene rings is 1. The first-order valence-corrected chi connectivity index (χ1v) is 9.15. The summed E-state index contributed by atoms with van der Waals surface area (Å²) in [7, 11) is 0. The first-order valence-electron chi connectivity index (χ1n) is 9.15. The number of aryl methyl sites for hydroxylation is 1. The molecule has 2 aromatic heterocycles. The van der Waals surface area contributed by atoms with Gasteiger partial charge < -0.3 is 5.32 Å². The fourth-order valence-corrected chi connectivity index (χ4v) is 3.80. The second kappa shape index (κ2) is 7.26. The Morgan fingerprint density at radius 2 is 1.85 bits per heavy atom. The first-order chi connectivity index (χ1) is 12.7. The van der Waals surface area contributed by atoms with Gasteiger partial charge >= 0.3 is 0 Å². The number of rotatable bonds is 5. The van der Waals surface area contributed by atoms with Crippen LogP contribution in [-0.4, -0.2) is 20.8 Å². The highest BCUT2D eigenvalue weighted by atomic mass is 15.3. The van der Waals surface area contributed by atoms with E-state index in [9.17, 15) is 0 Å². The van der Waals surface area contributed by atoms with Gasteiger partial charge in [0.25, 0.3) is 0 Å². The van der Waals surface area contributed by atoms with Crippen LogP contribution >= 0.6 is 0 Å². The molecule has 2 heterocycles. The number of pyridine rings is 1. The molecule has 0 bridgehead atoms. The smallest absolute Gasteiger partial charge is 0.153 e. The van der Waals surface area contributed by atoms with Gasteiger partial charge in [-0.2, -0.15) is 5.10 Å². The third-order valence-electron chi connectivity index (χ3n) is 5.08. The molecular weight excluding hydrogens is 320 g/mol. The summed E-state index contributed by atoms with van der Waals surface area (Å²) in [5.41, 5.74) is 4.92. The first kappa shape index (κ1) is 16.7. The van der Waals surface area contributed by atoms with E-state index in [2.05, 4.69) is 66.6 Å². The fraction of sp³-hybridized carbons (Fsp3) is 0.273. The zero-order valence-corrected chi connectivity index (χ0v) is 15.3. The monoisotopic (exact) mass is 344 g/mol. The van der Waals surface area contributed by atoms with E-state index in [-0.39, 0.29) is 0 Å². The van der Waals surface area contributed by atoms with Crippen molar-refractivity contribution in [3.05, 3.63) is 89.4 Å². The zero-order valence-electron chi connectivity index (χ0n) is 15.3. The van der Waals surface area contributed by atoms with Crippen LogP contribution < -0.4 is 5.32 Å². The topological polar surface area (TPSA) is 42.7 Å². The van der Waals surface area contributed by atoms with Crippen molar-refractivity contribution in [1.82, 2.24) is 20.1 Å². The van der Waals surface area contributed by atoms with Crippen LogP contribution in [0.1, 0.15) is 34.9 Å². The Kier molecular flexibility index (Phi) is 4.67. The SMILES string of the molecule is Cc1nn(-c2ccccn2)c(C)c1C1C=CC(NCc2ccccc2)C1. The molecule has 0 saturated carbocycles. The molecule has 2 unspecified atom stereocenters. The molecule has 3 aromatic rings. The largest absolute Gasteiger partial charge is 0.306 e. The van der Waals surface area contributed by atoms with Gasteiger partial charge in [-0.05, 0) is 38.0 Å². The van der Waals surface area contributed by atoms with Crippen molar-refractivity contribution < 1.29 is 0 Å². The minimum absolute atomic E-state index is 0.400. The standard InChI is InChI=1S/C22H24N4/c1-16-22(17(2)26(25-16)21-10-6-7-13-23-21)19-11-12-20(14-19)24-15-18-8-4-3-5-9-18/h3-13,19-20,24H,14-15H2,1-2H3. The molecular formula is C22H24N4. The van der Waals surface area contributed by atoms with Crippen molar-refractivity contribution in [3.63, 3.8) is 0 Å². The van der Waals surface area contributed by atoms with Gasteiger partial charge in [0.15, 0.2) is 5.82 Å². The lowest BCUT2D eigenvalue weighted by Gasteiger charge is -2.15. The van der Waals surface area contributed by atoms with Gasteiger partial charge in [0.05, 0.1) is 5.69 Å². The van der Waals surface area contributed by atoms with Gasteiger partial charge in [0.2, 0.25) is 0 Å². The van der Waals surface area contributed by atoms with Gasteiger partial charge in [-0.25, -0.2) is 9.67 Å². The fourth-order valence-electron chi connectivity index (χ4n) is 3.80. The van der Waals surface area contributed by atoms with Crippen molar-refractivity contribution in [2.75, 3.05) is 0 Å². The molecule has 1 N–H and O–H groups in total. The molecule has 26 heavy (non-hydrogen) atoms. The number of nitrogens with one attached hydrogen (secondary N) is 1. The van der Waals surface area contributed by atoms with Crippen LogP contribution in [0.4, 0.5) is 0 Å². The molecule has 2 atom stereocenters. The molecule has 0 aliphatic heterocycles. The van der Waals surface area contributed by atoms with E-state index in [1.807, 2.05) is 29.1 Å². The lowest BCUT2D eigenvalue weighted by molar-refractivity contribution is 0.559. The molecule has 4 nitrogen and oxygen atoms in total. The van der Waals surface area contributed by atoms with Crippen LogP contribution in [0.3, 0.4) is 0 Å². The summed E-state index contributed by atoms with van der Waals surface area (Å²) in [5, 5.41) is 8.39. The van der Waals surface area contributed by atoms with E-state index in [0.29, 0.717) is 12.0 Å². The molecule has 1 aliphatic rings. The molecule has 0 amide bonds. The van der Waals surface area contributed by atoms with Gasteiger partial charge in [-0.15, -0.1) is 0 Å². The molecule has 0 fully saturated rings. The Hall–Kier alpha value is -2.72. The summed E-state index contributed by atoms with van der Waals surface area (Å²) in [5.74, 6) is 1.28. The maximum atomic E-state index is 4.74. The summed E-state index contributed by atoms with van der Waals surface area (Å²) in [4.78, 5) is 4.44. The summed E-state index contributed by atoms with van der Waals surface area (Å²) in [6, 6.07) is 16.9. The second-order valence-electron chi connectivity index (χ2n) is 6.88. The van der Waals surface area contributed by atoms with Crippen LogP contribution in [0.5, 0.6) is 0 Å². The van der Waals surface area contributed by atoms with Crippen LogP contribution in [-0.2, 0) is 6.54 Å². The normalized spacial score (nSPS) is 19.2. The van der Waals surface area contributed by atoms with E-state index in [4.69, 9.17) is 5.10 Å². The Morgan fingerprint density at radius 1 is 1.04 bits per heavy atom. The van der Waals surface area contributed by atoms with Crippen molar-refractivity contribution in [1.29, 1.82) is 0 Å². The lowest BCUT2D eigenvalue weighted by atomic mass is 9.96. The average molecular weight is 344 g/mol. The highest BCUT2D eigenvalue weighted by Gasteiger charge is 2.26. The predicted octanol–water partition coefficient (Wildman–Crippen LogP) is 4.09. The van der Waals surface area contributed by atoms with E-state index < -0.39 is 0 Å². The molecule has 0 spiro atoms. The second-order valence-corrected chi connectivity index (χ2v) is 6.88. The summed E-state index contributed by atoms with van der Waals surface area (Å²) >= 11 is 0. The Bertz CT molecular complexity index is 897. The zero-order chi connectivity index (χ0) is 17.9. The molecule has 4 heteroatoms. The summed E-state index contributed by atoms with van der Waals surface area (Å²) in [6.45, 7) is 5.14. The average Bonchev–Trinajstić information content (AvgIpc) is 3.25. The molecule has 1 aromatic carbocycles. The van der Waals surface area contributed by atoms with E-state index in [1.165, 1.54) is 16.8 Å². The quantitative estimate of drug-likeness (QED) is 0.709. The van der Waals surface area contributed by atoms with Gasteiger partial charge in [-0.1, -0.05) is 48.6 Å². The minimum Gasteiger partial charge on any atom is -0.306 e. The highest BCUT2D eigenvalue weighted by molar-refractivity contribution is 5.38. The molecule has 1 aliphatic carbocycles. The number of allylic oxidation sites excluding steroid dienone is 1. The summed E-state index contributed by atoms with van der Waals surface area (Å²) in [6.07, 6.45) is 7.50. The maximum absolute atomic E-state index is 4.74. The van der Waals surface area contributed by atoms with Crippen molar-refractivity contribution in [2.24, 2.45) is 0 Å². The highest BCUT2D eigenvalue weighted by Crippen LogP contribution is 2.33. The van der Waals surface area contributed by atoms with E-state index in [1.54, 1.807) is 0 Å². The maximum Gasteiger partial charge on any atom is 0.153 e. The van der Waals surface area contributed by atoms with Crippen LogP contribution in [0.2, 0.25) is 0 Å². The minimum atomic E-state index is 0.400. The van der Waals surface area contributed by atoms with Crippen molar-refractivity contribution >= 4 is 0 Å². The van der Waals surface area contributed by atoms with Crippen LogP contribution in [0, 0.1) is 13.8 Å². The lowest BCUT2D eigenvalue weighted by Crippen LogP contribution is -2.25. The Morgan fingerprint density at radius 3 is 2.62 bits per heavy atom. The third-order valence-corrected chi connectivity index (χ3v) is 5.08. The summed E-state index contributed by atoms with van der Waals surface area (Å²) < 4.78 is 1.96. The van der Waals surface area contributed by atoms with Crippen LogP contribution in [0.15, 0.2) is 66.9 Å². The van der Waals surface area contributed by atoms with Crippen molar-refractivity contribution in [2.45, 2.75) is 38.8 Å². The molecule has 132 valence electrons. The van der Waals surface area contributed by atoms with E-state index in [0.717, 1.165) is 24.5 Å². The number of hydrogen-bond donors (Lipinski definition) is 1. The molecule has 0 radical (unpaired) electrons. The Labute approximate surface area is 154 Å². The number of nitrogens with zero attached hydrogens (tertiary/aromatic N) is 3. The van der Waals surface area contributed by atoms with Crippen LogP contribution in [0.25, 0.3) is 5.82 Å². The molecule has 0 saturated heterocycles. The predicted molar refractivity (Wildman–Crippen MR) is 104 cm³/mol.